The highest BCUT2D eigenvalue weighted by Crippen LogP contribution is 1.98. The first-order valence-electron chi connectivity index (χ1n) is 3.01. The van der Waals surface area contributed by atoms with Gasteiger partial charge >= 0.3 is 0 Å². The first-order valence-corrected chi connectivity index (χ1v) is 3.01. The molecule has 1 rings (SSSR count). The first kappa shape index (κ1) is 6.29. The topological polar surface area (TPSA) is 48.9 Å². The molecular weight excluding hydrogens is 116 g/mol. The summed E-state index contributed by atoms with van der Waals surface area (Å²) in [6.07, 6.45) is 0.938. The number of aryl methyl sites for hydroxylation is 1. The molecule has 0 radical (unpaired) electrons. The summed E-state index contributed by atoms with van der Waals surface area (Å²) in [5.41, 5.74) is 1.78. The van der Waals surface area contributed by atoms with E-state index in [1.54, 1.807) is 0 Å². The highest BCUT2D eigenvalue weighted by Gasteiger charge is 1.94. The van der Waals surface area contributed by atoms with Gasteiger partial charge in [0.1, 0.15) is 0 Å². The van der Waals surface area contributed by atoms with Crippen molar-refractivity contribution in [2.75, 3.05) is 0 Å². The van der Waals surface area contributed by atoms with Gasteiger partial charge in [-0.15, -0.1) is 0 Å². The summed E-state index contributed by atoms with van der Waals surface area (Å²) >= 11 is 0. The Kier molecular flexibility index (Phi) is 1.85. The van der Waals surface area contributed by atoms with E-state index >= 15 is 0 Å². The number of aliphatic hydroxyl groups is 1. The Labute approximate surface area is 53.7 Å². The maximum absolute atomic E-state index is 8.56. The minimum absolute atomic E-state index is 0.0243. The molecule has 1 heterocycles. The van der Waals surface area contributed by atoms with Crippen LogP contribution in [0.5, 0.6) is 0 Å². The Balaban J connectivity index is 2.74. The van der Waals surface area contributed by atoms with Crippen LogP contribution in [0.2, 0.25) is 0 Å². The summed E-state index contributed by atoms with van der Waals surface area (Å²) in [6.45, 7) is 2.06. The minimum atomic E-state index is 0.0243. The van der Waals surface area contributed by atoms with Crippen LogP contribution in [-0.2, 0) is 13.0 Å². The Morgan fingerprint density at radius 3 is 2.89 bits per heavy atom. The summed E-state index contributed by atoms with van der Waals surface area (Å²) in [6, 6.07) is 1.86. The van der Waals surface area contributed by atoms with Gasteiger partial charge in [-0.2, -0.15) is 5.10 Å². The van der Waals surface area contributed by atoms with Gasteiger partial charge in [0.05, 0.1) is 12.3 Å². The number of aliphatic hydroxyl groups excluding tert-OH is 1. The van der Waals surface area contributed by atoms with Crippen molar-refractivity contribution in [3.63, 3.8) is 0 Å². The zero-order valence-corrected chi connectivity index (χ0v) is 5.39. The summed E-state index contributed by atoms with van der Waals surface area (Å²) in [5, 5.41) is 15.2. The molecule has 50 valence electrons. The van der Waals surface area contributed by atoms with Gasteiger partial charge in [-0.1, -0.05) is 6.92 Å². The van der Waals surface area contributed by atoms with Crippen molar-refractivity contribution in [3.8, 4) is 0 Å². The fourth-order valence-corrected chi connectivity index (χ4v) is 0.671. The van der Waals surface area contributed by atoms with E-state index in [1.807, 2.05) is 13.0 Å². The average Bonchev–Trinajstić information content (AvgIpc) is 2.34. The van der Waals surface area contributed by atoms with E-state index in [1.165, 1.54) is 0 Å². The predicted molar refractivity (Wildman–Crippen MR) is 33.9 cm³/mol. The van der Waals surface area contributed by atoms with Crippen LogP contribution < -0.4 is 0 Å². The molecule has 0 aliphatic heterocycles. The maximum atomic E-state index is 8.56. The Hall–Kier alpha value is -0.830. The number of aromatic nitrogens is 2. The largest absolute Gasteiger partial charge is 0.390 e. The second kappa shape index (κ2) is 2.64. The maximum Gasteiger partial charge on any atom is 0.0879 e. The van der Waals surface area contributed by atoms with E-state index in [0.717, 1.165) is 12.1 Å². The van der Waals surface area contributed by atoms with E-state index in [4.69, 9.17) is 5.11 Å². The molecule has 0 spiro atoms. The molecule has 1 aromatic rings. The van der Waals surface area contributed by atoms with Gasteiger partial charge in [0.15, 0.2) is 0 Å². The molecular formula is C6H10N2O. The molecule has 0 saturated carbocycles. The van der Waals surface area contributed by atoms with E-state index < -0.39 is 0 Å². The average molecular weight is 126 g/mol. The normalized spacial score (nSPS) is 10.0. The second-order valence-corrected chi connectivity index (χ2v) is 1.90. The predicted octanol–water partition coefficient (Wildman–Crippen LogP) is 0.464. The summed E-state index contributed by atoms with van der Waals surface area (Å²) < 4.78 is 0. The van der Waals surface area contributed by atoms with Gasteiger partial charge in [0.25, 0.3) is 0 Å². The standard InChI is InChI=1S/C6H10N2O/c1-2-5-3-6(4-9)8-7-5/h3,9H,2,4H2,1H3,(H,7,8). The summed E-state index contributed by atoms with van der Waals surface area (Å²) in [5.74, 6) is 0. The third-order valence-corrected chi connectivity index (χ3v) is 1.23. The van der Waals surface area contributed by atoms with Gasteiger partial charge in [0, 0.05) is 5.69 Å². The molecule has 3 heteroatoms. The lowest BCUT2D eigenvalue weighted by atomic mass is 10.3. The van der Waals surface area contributed by atoms with Crippen molar-refractivity contribution in [2.45, 2.75) is 20.0 Å². The van der Waals surface area contributed by atoms with E-state index in [-0.39, 0.29) is 6.61 Å². The van der Waals surface area contributed by atoms with E-state index in [9.17, 15) is 0 Å². The van der Waals surface area contributed by atoms with Gasteiger partial charge in [-0.3, -0.25) is 5.10 Å². The summed E-state index contributed by atoms with van der Waals surface area (Å²) in [7, 11) is 0. The van der Waals surface area contributed by atoms with Crippen molar-refractivity contribution >= 4 is 0 Å². The molecule has 0 fully saturated rings. The number of hydrogen-bond acceptors (Lipinski definition) is 2. The molecule has 0 amide bonds. The van der Waals surface area contributed by atoms with E-state index in [2.05, 4.69) is 10.2 Å². The van der Waals surface area contributed by atoms with Gasteiger partial charge in [-0.05, 0) is 12.5 Å². The SMILES string of the molecule is CCc1cc(CO)n[nH]1. The number of nitrogens with zero attached hydrogens (tertiary/aromatic N) is 1. The molecule has 0 unspecified atom stereocenters. The second-order valence-electron chi connectivity index (χ2n) is 1.90. The number of H-pyrrole nitrogens is 1. The third-order valence-electron chi connectivity index (χ3n) is 1.23. The molecule has 1 aromatic heterocycles. The quantitative estimate of drug-likeness (QED) is 0.605. The van der Waals surface area contributed by atoms with Crippen molar-refractivity contribution in [1.82, 2.24) is 10.2 Å². The van der Waals surface area contributed by atoms with Gasteiger partial charge in [0.2, 0.25) is 0 Å². The number of aromatic amines is 1. The monoisotopic (exact) mass is 126 g/mol. The molecule has 2 N–H and O–H groups in total. The van der Waals surface area contributed by atoms with Gasteiger partial charge in [-0.25, -0.2) is 0 Å². The van der Waals surface area contributed by atoms with Crippen molar-refractivity contribution < 1.29 is 5.11 Å². The van der Waals surface area contributed by atoms with Crippen LogP contribution in [0.25, 0.3) is 0 Å². The van der Waals surface area contributed by atoms with Crippen molar-refractivity contribution in [1.29, 1.82) is 0 Å². The lowest BCUT2D eigenvalue weighted by Crippen LogP contribution is -1.79. The molecule has 9 heavy (non-hydrogen) atoms. The molecule has 0 atom stereocenters. The molecule has 3 nitrogen and oxygen atoms in total. The number of hydrogen-bond donors (Lipinski definition) is 2. The Morgan fingerprint density at radius 2 is 2.56 bits per heavy atom. The van der Waals surface area contributed by atoms with Crippen molar-refractivity contribution in [3.05, 3.63) is 17.5 Å². The zero-order valence-electron chi connectivity index (χ0n) is 5.39. The van der Waals surface area contributed by atoms with Crippen LogP contribution in [0, 0.1) is 0 Å². The zero-order chi connectivity index (χ0) is 6.69. The lowest BCUT2D eigenvalue weighted by Gasteiger charge is -1.80. The van der Waals surface area contributed by atoms with Crippen LogP contribution in [0.4, 0.5) is 0 Å². The van der Waals surface area contributed by atoms with Gasteiger partial charge < -0.3 is 5.11 Å². The molecule has 0 aromatic carbocycles. The molecule has 0 bridgehead atoms. The Bertz CT molecular complexity index is 164. The van der Waals surface area contributed by atoms with Crippen LogP contribution in [0.1, 0.15) is 18.3 Å². The van der Waals surface area contributed by atoms with E-state index in [0.29, 0.717) is 5.69 Å². The minimum Gasteiger partial charge on any atom is -0.390 e. The molecule has 0 aliphatic rings. The van der Waals surface area contributed by atoms with Crippen LogP contribution >= 0.6 is 0 Å². The number of nitrogens with one attached hydrogen (secondary N) is 1. The first-order chi connectivity index (χ1) is 4.36. The van der Waals surface area contributed by atoms with Crippen LogP contribution in [0.15, 0.2) is 6.07 Å². The highest BCUT2D eigenvalue weighted by molar-refractivity contribution is 5.06. The highest BCUT2D eigenvalue weighted by atomic mass is 16.3. The fourth-order valence-electron chi connectivity index (χ4n) is 0.671. The number of rotatable bonds is 2. The van der Waals surface area contributed by atoms with Crippen molar-refractivity contribution in [2.24, 2.45) is 0 Å². The van der Waals surface area contributed by atoms with Crippen LogP contribution in [-0.4, -0.2) is 15.3 Å². The third kappa shape index (κ3) is 1.29. The lowest BCUT2D eigenvalue weighted by molar-refractivity contribution is 0.276. The Morgan fingerprint density at radius 1 is 1.78 bits per heavy atom. The molecule has 0 aliphatic carbocycles. The summed E-state index contributed by atoms with van der Waals surface area (Å²) in [4.78, 5) is 0. The van der Waals surface area contributed by atoms with Crippen LogP contribution in [0.3, 0.4) is 0 Å². The molecule has 0 saturated heterocycles. The smallest absolute Gasteiger partial charge is 0.0879 e. The fraction of sp³-hybridized carbons (Fsp3) is 0.500.